The molecule has 0 unspecified atom stereocenters. The number of hydrogen-bond acceptors (Lipinski definition) is 5. The highest BCUT2D eigenvalue weighted by molar-refractivity contribution is 5.85. The molecule has 1 aromatic carbocycles. The van der Waals surface area contributed by atoms with Crippen molar-refractivity contribution < 1.29 is 19.0 Å². The van der Waals surface area contributed by atoms with Crippen molar-refractivity contribution in [2.75, 3.05) is 27.4 Å². The van der Waals surface area contributed by atoms with Crippen LogP contribution in [0.4, 0.5) is 0 Å². The van der Waals surface area contributed by atoms with E-state index in [2.05, 4.69) is 5.32 Å². The van der Waals surface area contributed by atoms with Gasteiger partial charge < -0.3 is 25.3 Å². The molecular weight excluding hydrogens is 344 g/mol. The molecule has 1 aliphatic carbocycles. The van der Waals surface area contributed by atoms with Gasteiger partial charge in [-0.2, -0.15) is 0 Å². The quantitative estimate of drug-likeness (QED) is 0.732. The molecule has 1 amide bonds. The molecule has 7 heteroatoms. The lowest BCUT2D eigenvalue weighted by Crippen LogP contribution is -2.34. The Kier molecular flexibility index (Phi) is 8.86. The van der Waals surface area contributed by atoms with E-state index in [4.69, 9.17) is 19.9 Å². The zero-order chi connectivity index (χ0) is 17.5. The number of nitrogens with one attached hydrogen (secondary N) is 1. The van der Waals surface area contributed by atoms with E-state index in [1.807, 2.05) is 19.1 Å². The van der Waals surface area contributed by atoms with Crippen molar-refractivity contribution in [1.29, 1.82) is 0 Å². The molecule has 2 rings (SSSR count). The number of nitrogens with two attached hydrogens (primary N) is 1. The van der Waals surface area contributed by atoms with Crippen LogP contribution in [0.5, 0.6) is 17.2 Å². The summed E-state index contributed by atoms with van der Waals surface area (Å²) in [4.78, 5) is 12.4. The maximum absolute atomic E-state index is 12.4. The summed E-state index contributed by atoms with van der Waals surface area (Å²) in [6.45, 7) is 3.42. The fourth-order valence-electron chi connectivity index (χ4n) is 3.31. The van der Waals surface area contributed by atoms with Gasteiger partial charge in [-0.05, 0) is 49.9 Å². The number of benzene rings is 1. The Bertz CT molecular complexity index is 543. The highest BCUT2D eigenvalue weighted by Crippen LogP contribution is 2.38. The Labute approximate surface area is 155 Å². The molecule has 0 aliphatic heterocycles. The molecule has 0 heterocycles. The lowest BCUT2D eigenvalue weighted by molar-refractivity contribution is -0.126. The van der Waals surface area contributed by atoms with Gasteiger partial charge in [-0.3, -0.25) is 4.79 Å². The molecule has 0 spiro atoms. The van der Waals surface area contributed by atoms with Crippen molar-refractivity contribution >= 4 is 18.3 Å². The van der Waals surface area contributed by atoms with Gasteiger partial charge in [0.15, 0.2) is 11.5 Å². The van der Waals surface area contributed by atoms with Crippen LogP contribution in [0.1, 0.15) is 31.7 Å². The molecule has 142 valence electrons. The average Bonchev–Trinajstić information content (AvgIpc) is 3.09. The number of ether oxygens (including phenoxy) is 3. The second-order valence-corrected chi connectivity index (χ2v) is 6.01. The van der Waals surface area contributed by atoms with Crippen LogP contribution in [0.15, 0.2) is 12.1 Å². The van der Waals surface area contributed by atoms with Crippen molar-refractivity contribution in [3.8, 4) is 17.2 Å². The number of amides is 1. The van der Waals surface area contributed by atoms with E-state index < -0.39 is 0 Å². The molecule has 1 aromatic rings. The molecule has 0 saturated heterocycles. The summed E-state index contributed by atoms with van der Waals surface area (Å²) in [5, 5.41) is 3.01. The minimum Gasteiger partial charge on any atom is -0.493 e. The monoisotopic (exact) mass is 372 g/mol. The molecule has 1 aliphatic rings. The first-order valence-corrected chi connectivity index (χ1v) is 8.50. The Morgan fingerprint density at radius 3 is 2.40 bits per heavy atom. The van der Waals surface area contributed by atoms with Crippen LogP contribution in [0.3, 0.4) is 0 Å². The third kappa shape index (κ3) is 5.16. The standard InChI is InChI=1S/C18H28N2O4.ClH/c1-4-24-17-15(22-2)8-12(9-16(17)23-3)11-20-18(21)14-7-5-6-13(14)10-19;/h8-9,13-14H,4-7,10-11,19H2,1-3H3,(H,20,21);1H/t13-,14-;/m1./s1. The average molecular weight is 373 g/mol. The molecule has 0 bridgehead atoms. The van der Waals surface area contributed by atoms with Gasteiger partial charge in [-0.25, -0.2) is 0 Å². The summed E-state index contributed by atoms with van der Waals surface area (Å²) in [7, 11) is 3.17. The number of rotatable bonds is 8. The number of carbonyl (C=O) groups excluding carboxylic acids is 1. The maximum atomic E-state index is 12.4. The predicted octanol–water partition coefficient (Wildman–Crippen LogP) is 2.52. The van der Waals surface area contributed by atoms with E-state index in [-0.39, 0.29) is 24.2 Å². The van der Waals surface area contributed by atoms with E-state index in [0.29, 0.717) is 42.9 Å². The van der Waals surface area contributed by atoms with Gasteiger partial charge in [0.25, 0.3) is 0 Å². The molecular formula is C18H29ClN2O4. The van der Waals surface area contributed by atoms with E-state index in [1.165, 1.54) is 0 Å². The first-order valence-electron chi connectivity index (χ1n) is 8.50. The van der Waals surface area contributed by atoms with Crippen molar-refractivity contribution in [2.45, 2.75) is 32.7 Å². The summed E-state index contributed by atoms with van der Waals surface area (Å²) in [6.07, 6.45) is 3.04. The molecule has 0 radical (unpaired) electrons. The zero-order valence-corrected chi connectivity index (χ0v) is 16.0. The summed E-state index contributed by atoms with van der Waals surface area (Å²) in [5.41, 5.74) is 6.67. The zero-order valence-electron chi connectivity index (χ0n) is 15.2. The number of hydrogen-bond donors (Lipinski definition) is 2. The highest BCUT2D eigenvalue weighted by atomic mass is 35.5. The number of carbonyl (C=O) groups is 1. The second-order valence-electron chi connectivity index (χ2n) is 6.01. The lowest BCUT2D eigenvalue weighted by Gasteiger charge is -2.18. The third-order valence-electron chi connectivity index (χ3n) is 4.57. The fraction of sp³-hybridized carbons (Fsp3) is 0.611. The normalized spacial score (nSPS) is 19.0. The Morgan fingerprint density at radius 2 is 1.88 bits per heavy atom. The van der Waals surface area contributed by atoms with Crippen LogP contribution >= 0.6 is 12.4 Å². The third-order valence-corrected chi connectivity index (χ3v) is 4.57. The Hall–Kier alpha value is -1.66. The van der Waals surface area contributed by atoms with Gasteiger partial charge >= 0.3 is 0 Å². The van der Waals surface area contributed by atoms with E-state index >= 15 is 0 Å². The second kappa shape index (κ2) is 10.4. The smallest absolute Gasteiger partial charge is 0.223 e. The van der Waals surface area contributed by atoms with Crippen LogP contribution in [0, 0.1) is 11.8 Å². The first-order chi connectivity index (χ1) is 11.6. The van der Waals surface area contributed by atoms with Gasteiger partial charge in [0.2, 0.25) is 11.7 Å². The summed E-state index contributed by atoms with van der Waals surface area (Å²) < 4.78 is 16.4. The van der Waals surface area contributed by atoms with Gasteiger partial charge in [0.1, 0.15) is 0 Å². The largest absolute Gasteiger partial charge is 0.493 e. The minimum absolute atomic E-state index is 0. The van der Waals surface area contributed by atoms with Crippen molar-refractivity contribution in [3.05, 3.63) is 17.7 Å². The van der Waals surface area contributed by atoms with Crippen LogP contribution in [0.2, 0.25) is 0 Å². The first kappa shape index (κ1) is 21.4. The topological polar surface area (TPSA) is 82.8 Å². The van der Waals surface area contributed by atoms with E-state index in [0.717, 1.165) is 24.8 Å². The van der Waals surface area contributed by atoms with Crippen molar-refractivity contribution in [1.82, 2.24) is 5.32 Å². The molecule has 1 fully saturated rings. The molecule has 3 N–H and O–H groups in total. The molecule has 1 saturated carbocycles. The lowest BCUT2D eigenvalue weighted by atomic mass is 9.95. The van der Waals surface area contributed by atoms with E-state index in [1.54, 1.807) is 14.2 Å². The van der Waals surface area contributed by atoms with Crippen LogP contribution in [-0.2, 0) is 11.3 Å². The highest BCUT2D eigenvalue weighted by Gasteiger charge is 2.31. The molecule has 0 aromatic heterocycles. The van der Waals surface area contributed by atoms with Crippen molar-refractivity contribution in [3.63, 3.8) is 0 Å². The summed E-state index contributed by atoms with van der Waals surface area (Å²) in [5.74, 6) is 2.18. The summed E-state index contributed by atoms with van der Waals surface area (Å²) in [6, 6.07) is 3.73. The number of halogens is 1. The maximum Gasteiger partial charge on any atom is 0.223 e. The van der Waals surface area contributed by atoms with Gasteiger partial charge in [0, 0.05) is 12.5 Å². The molecule has 6 nitrogen and oxygen atoms in total. The van der Waals surface area contributed by atoms with Crippen LogP contribution < -0.4 is 25.3 Å². The summed E-state index contributed by atoms with van der Waals surface area (Å²) >= 11 is 0. The molecule has 2 atom stereocenters. The fourth-order valence-corrected chi connectivity index (χ4v) is 3.31. The molecule has 25 heavy (non-hydrogen) atoms. The van der Waals surface area contributed by atoms with Gasteiger partial charge in [0.05, 0.1) is 20.8 Å². The van der Waals surface area contributed by atoms with E-state index in [9.17, 15) is 4.79 Å². The predicted molar refractivity (Wildman–Crippen MR) is 99.7 cm³/mol. The number of methoxy groups -OCH3 is 2. The Balaban J connectivity index is 0.00000312. The van der Waals surface area contributed by atoms with Gasteiger partial charge in [-0.1, -0.05) is 6.42 Å². The van der Waals surface area contributed by atoms with Crippen molar-refractivity contribution in [2.24, 2.45) is 17.6 Å². The van der Waals surface area contributed by atoms with Crippen LogP contribution in [0.25, 0.3) is 0 Å². The SMILES string of the molecule is CCOc1c(OC)cc(CNC(=O)[C@@H]2CCC[C@@H]2CN)cc1OC.Cl. The van der Waals surface area contributed by atoms with Crippen LogP contribution in [-0.4, -0.2) is 33.3 Å². The minimum atomic E-state index is 0. The Morgan fingerprint density at radius 1 is 1.24 bits per heavy atom. The van der Waals surface area contributed by atoms with Gasteiger partial charge in [-0.15, -0.1) is 12.4 Å².